The average Bonchev–Trinajstić information content (AvgIpc) is 3.07. The highest BCUT2D eigenvalue weighted by molar-refractivity contribution is 6.35. The first-order valence-corrected chi connectivity index (χ1v) is 9.96. The summed E-state index contributed by atoms with van der Waals surface area (Å²) in [5, 5.41) is 2.25. The van der Waals surface area contributed by atoms with Crippen LogP contribution >= 0.6 is 46.4 Å². The molecule has 2 aromatic carbocycles. The van der Waals surface area contributed by atoms with Crippen molar-refractivity contribution in [1.29, 1.82) is 0 Å². The largest absolute Gasteiger partial charge is 0.365 e. The van der Waals surface area contributed by atoms with E-state index in [9.17, 15) is 0 Å². The van der Waals surface area contributed by atoms with Gasteiger partial charge in [-0.3, -0.25) is 0 Å². The van der Waals surface area contributed by atoms with Crippen molar-refractivity contribution in [2.24, 2.45) is 0 Å². The third-order valence-electron chi connectivity index (χ3n) is 4.16. The normalized spacial score (nSPS) is 12.0. The van der Waals surface area contributed by atoms with Gasteiger partial charge in [-0.1, -0.05) is 64.5 Å². The molecular formula is C21H17Cl4N2O+. The maximum absolute atomic E-state index is 6.43. The maximum atomic E-state index is 6.43. The lowest BCUT2D eigenvalue weighted by molar-refractivity contribution is -0.704. The molecule has 0 aliphatic heterocycles. The molecule has 0 radical (unpaired) electrons. The molecule has 0 saturated carbocycles. The quantitative estimate of drug-likeness (QED) is 0.317. The number of hydrogen-bond acceptors (Lipinski definition) is 1. The summed E-state index contributed by atoms with van der Waals surface area (Å²) in [6.07, 6.45) is 10.8. The summed E-state index contributed by atoms with van der Waals surface area (Å²) in [5.41, 5.74) is 1.68. The Kier molecular flexibility index (Phi) is 7.29. The summed E-state index contributed by atoms with van der Waals surface area (Å²) < 4.78 is 10.1. The molecule has 0 amide bonds. The van der Waals surface area contributed by atoms with E-state index in [4.69, 9.17) is 57.6 Å². The summed E-state index contributed by atoms with van der Waals surface area (Å²) >= 11 is 24.7. The molecule has 0 bridgehead atoms. The number of benzene rings is 2. The van der Waals surface area contributed by atoms with Gasteiger partial charge in [0.2, 0.25) is 6.33 Å². The van der Waals surface area contributed by atoms with Crippen molar-refractivity contribution in [2.45, 2.75) is 25.8 Å². The first kappa shape index (κ1) is 21.0. The van der Waals surface area contributed by atoms with Crippen molar-refractivity contribution in [2.75, 3.05) is 0 Å². The van der Waals surface area contributed by atoms with Crippen LogP contribution in [0.3, 0.4) is 0 Å². The van der Waals surface area contributed by atoms with Crippen LogP contribution in [0.5, 0.6) is 0 Å². The summed E-state index contributed by atoms with van der Waals surface area (Å²) in [7, 11) is 0. The van der Waals surface area contributed by atoms with Crippen molar-refractivity contribution in [1.82, 2.24) is 4.57 Å². The molecule has 0 fully saturated rings. The number of hydrogen-bond donors (Lipinski definition) is 0. The Labute approximate surface area is 184 Å². The van der Waals surface area contributed by atoms with Crippen LogP contribution in [0.2, 0.25) is 20.1 Å². The van der Waals surface area contributed by atoms with Gasteiger partial charge in [0.15, 0.2) is 6.54 Å². The Bertz CT molecular complexity index is 1010. The SMILES string of the molecule is C#CCn1cc[n+](CC(OCc2ccc(Cl)cc2Cl)c2ccc(Cl)cc2Cl)c1. The zero-order chi connectivity index (χ0) is 20.1. The van der Waals surface area contributed by atoms with Gasteiger partial charge in [0.25, 0.3) is 0 Å². The van der Waals surface area contributed by atoms with Crippen LogP contribution in [-0.4, -0.2) is 4.57 Å². The Morgan fingerprint density at radius 3 is 2.43 bits per heavy atom. The lowest BCUT2D eigenvalue weighted by atomic mass is 10.1. The Morgan fingerprint density at radius 2 is 1.75 bits per heavy atom. The average molecular weight is 455 g/mol. The smallest absolute Gasteiger partial charge is 0.244 e. The van der Waals surface area contributed by atoms with E-state index in [1.54, 1.807) is 24.3 Å². The fraction of sp³-hybridized carbons (Fsp3) is 0.190. The van der Waals surface area contributed by atoms with E-state index in [0.717, 1.165) is 11.1 Å². The van der Waals surface area contributed by atoms with Gasteiger partial charge in [0, 0.05) is 25.7 Å². The minimum atomic E-state index is -0.316. The molecule has 7 heteroatoms. The van der Waals surface area contributed by atoms with Crippen molar-refractivity contribution in [3.05, 3.63) is 86.3 Å². The topological polar surface area (TPSA) is 18.0 Å². The monoisotopic (exact) mass is 453 g/mol. The lowest BCUT2D eigenvalue weighted by Crippen LogP contribution is -2.35. The van der Waals surface area contributed by atoms with Crippen molar-refractivity contribution in [3.63, 3.8) is 0 Å². The number of ether oxygens (including phenoxy) is 1. The number of nitrogens with zero attached hydrogens (tertiary/aromatic N) is 2. The number of aromatic nitrogens is 2. The number of halogens is 4. The molecule has 0 saturated heterocycles. The molecule has 0 N–H and O–H groups in total. The second-order valence-corrected chi connectivity index (χ2v) is 7.88. The highest BCUT2D eigenvalue weighted by atomic mass is 35.5. The lowest BCUT2D eigenvalue weighted by Gasteiger charge is -2.19. The molecule has 3 aromatic rings. The van der Waals surface area contributed by atoms with Gasteiger partial charge >= 0.3 is 0 Å². The third kappa shape index (κ3) is 5.44. The van der Waals surface area contributed by atoms with Gasteiger partial charge in [-0.25, -0.2) is 9.13 Å². The van der Waals surface area contributed by atoms with Gasteiger partial charge in [-0.2, -0.15) is 0 Å². The predicted octanol–water partition coefficient (Wildman–Crippen LogP) is 5.98. The zero-order valence-corrected chi connectivity index (χ0v) is 17.8. The van der Waals surface area contributed by atoms with Crippen LogP contribution in [0.1, 0.15) is 17.2 Å². The van der Waals surface area contributed by atoms with Crippen molar-refractivity contribution < 1.29 is 9.30 Å². The molecule has 3 nitrogen and oxygen atoms in total. The van der Waals surface area contributed by atoms with Gasteiger partial charge in [0.1, 0.15) is 25.0 Å². The van der Waals surface area contributed by atoms with Gasteiger partial charge in [-0.05, 0) is 29.8 Å². The van der Waals surface area contributed by atoms with E-state index >= 15 is 0 Å². The van der Waals surface area contributed by atoms with Gasteiger partial charge in [-0.15, -0.1) is 6.42 Å². The minimum absolute atomic E-state index is 0.311. The van der Waals surface area contributed by atoms with Gasteiger partial charge in [0.05, 0.1) is 6.61 Å². The van der Waals surface area contributed by atoms with E-state index < -0.39 is 0 Å². The molecule has 28 heavy (non-hydrogen) atoms. The molecule has 0 aliphatic carbocycles. The highest BCUT2D eigenvalue weighted by Crippen LogP contribution is 2.30. The molecule has 1 unspecified atom stereocenters. The van der Waals surface area contributed by atoms with Crippen molar-refractivity contribution >= 4 is 46.4 Å². The van der Waals surface area contributed by atoms with Crippen LogP contribution < -0.4 is 4.57 Å². The molecule has 1 aromatic heterocycles. The van der Waals surface area contributed by atoms with E-state index in [2.05, 4.69) is 5.92 Å². The van der Waals surface area contributed by atoms with Crippen LogP contribution in [0.25, 0.3) is 0 Å². The summed E-state index contributed by atoms with van der Waals surface area (Å²) in [6, 6.07) is 10.7. The predicted molar refractivity (Wildman–Crippen MR) is 114 cm³/mol. The number of rotatable bonds is 7. The second kappa shape index (κ2) is 9.69. The summed E-state index contributed by atoms with van der Waals surface area (Å²) in [5.74, 6) is 2.61. The summed E-state index contributed by atoms with van der Waals surface area (Å²) in [4.78, 5) is 0. The molecule has 144 valence electrons. The maximum Gasteiger partial charge on any atom is 0.244 e. The van der Waals surface area contributed by atoms with E-state index in [-0.39, 0.29) is 6.10 Å². The standard InChI is InChI=1S/C21H17Cl4N2O/c1-2-7-26-8-9-27(14-26)12-21(18-6-5-17(23)11-20(18)25)28-13-15-3-4-16(22)10-19(15)24/h1,3-6,8-11,14,21H,7,12-13H2/q+1. The fourth-order valence-corrected chi connectivity index (χ4v) is 3.76. The highest BCUT2D eigenvalue weighted by Gasteiger charge is 2.20. The minimum Gasteiger partial charge on any atom is -0.365 e. The molecular weight excluding hydrogens is 438 g/mol. The third-order valence-corrected chi connectivity index (χ3v) is 5.31. The van der Waals surface area contributed by atoms with E-state index in [1.165, 1.54) is 0 Å². The molecule has 1 heterocycles. The van der Waals surface area contributed by atoms with E-state index in [0.29, 0.717) is 39.8 Å². The van der Waals surface area contributed by atoms with Crippen LogP contribution in [0.4, 0.5) is 0 Å². The Hall–Kier alpha value is -1.67. The second-order valence-electron chi connectivity index (χ2n) is 6.19. The van der Waals surface area contributed by atoms with E-state index in [1.807, 2.05) is 40.0 Å². The van der Waals surface area contributed by atoms with Crippen molar-refractivity contribution in [3.8, 4) is 12.3 Å². The molecule has 0 spiro atoms. The van der Waals surface area contributed by atoms with Crippen LogP contribution in [-0.2, 0) is 24.4 Å². The van der Waals surface area contributed by atoms with Gasteiger partial charge < -0.3 is 4.74 Å². The first-order chi connectivity index (χ1) is 13.5. The first-order valence-electron chi connectivity index (χ1n) is 8.45. The number of terminal acetylenes is 1. The fourth-order valence-electron chi connectivity index (χ4n) is 2.77. The molecule has 0 aliphatic rings. The zero-order valence-electron chi connectivity index (χ0n) is 14.8. The van der Waals surface area contributed by atoms with Crippen LogP contribution in [0.15, 0.2) is 55.1 Å². The molecule has 1 atom stereocenters. The Morgan fingerprint density at radius 1 is 1.04 bits per heavy atom. The summed E-state index contributed by atoms with van der Waals surface area (Å²) in [6.45, 7) is 1.36. The Balaban J connectivity index is 1.84. The number of imidazole rings is 1. The molecule has 3 rings (SSSR count). The van der Waals surface area contributed by atoms with Crippen LogP contribution in [0, 0.1) is 12.3 Å².